The van der Waals surface area contributed by atoms with Crippen LogP contribution in [0.5, 0.6) is 11.5 Å². The highest BCUT2D eigenvalue weighted by Crippen LogP contribution is 2.41. The van der Waals surface area contributed by atoms with Crippen molar-refractivity contribution in [2.75, 3.05) is 41.4 Å². The van der Waals surface area contributed by atoms with Crippen molar-refractivity contribution in [3.63, 3.8) is 0 Å². The van der Waals surface area contributed by atoms with Gasteiger partial charge in [-0.1, -0.05) is 30.3 Å². The monoisotopic (exact) mass is 465 g/mol. The number of carbonyl (C=O) groups excluding carboxylic acids is 3. The SMILES string of the molecule is COc1cc2c(cc1OC)[C@H](C)N(CC1(Cc3ccccc3)C(=O)N(C)C(=O)N(C)C1=O)CC2. The second-order valence-corrected chi connectivity index (χ2v) is 9.06. The summed E-state index contributed by atoms with van der Waals surface area (Å²) in [5.74, 6) is 0.398. The van der Waals surface area contributed by atoms with Crippen LogP contribution >= 0.6 is 0 Å². The molecule has 0 saturated carbocycles. The third-order valence-corrected chi connectivity index (χ3v) is 7.14. The Morgan fingerprint density at radius 1 is 0.941 bits per heavy atom. The van der Waals surface area contributed by atoms with Crippen molar-refractivity contribution < 1.29 is 23.9 Å². The summed E-state index contributed by atoms with van der Waals surface area (Å²) in [6.07, 6.45) is 0.962. The van der Waals surface area contributed by atoms with Crippen molar-refractivity contribution in [3.8, 4) is 11.5 Å². The van der Waals surface area contributed by atoms with Crippen LogP contribution in [0, 0.1) is 5.41 Å². The molecule has 0 N–H and O–H groups in total. The first-order chi connectivity index (χ1) is 16.2. The van der Waals surface area contributed by atoms with Crippen LogP contribution in [0.4, 0.5) is 4.79 Å². The number of ether oxygens (including phenoxy) is 2. The van der Waals surface area contributed by atoms with Crippen LogP contribution in [0.1, 0.15) is 29.7 Å². The van der Waals surface area contributed by atoms with Gasteiger partial charge in [-0.2, -0.15) is 0 Å². The van der Waals surface area contributed by atoms with E-state index in [9.17, 15) is 14.4 Å². The van der Waals surface area contributed by atoms with E-state index >= 15 is 0 Å². The van der Waals surface area contributed by atoms with E-state index in [1.54, 1.807) is 14.2 Å². The fraction of sp³-hybridized carbons (Fsp3) is 0.423. The summed E-state index contributed by atoms with van der Waals surface area (Å²) < 4.78 is 11.0. The summed E-state index contributed by atoms with van der Waals surface area (Å²) in [6, 6.07) is 12.8. The van der Waals surface area contributed by atoms with Gasteiger partial charge in [0, 0.05) is 33.2 Å². The highest BCUT2D eigenvalue weighted by atomic mass is 16.5. The zero-order chi connectivity index (χ0) is 24.6. The predicted molar refractivity (Wildman–Crippen MR) is 127 cm³/mol. The molecule has 4 rings (SSSR count). The largest absolute Gasteiger partial charge is 0.493 e. The average molecular weight is 466 g/mol. The molecule has 2 aromatic carbocycles. The van der Waals surface area contributed by atoms with Crippen molar-refractivity contribution >= 4 is 17.8 Å². The Morgan fingerprint density at radius 2 is 1.53 bits per heavy atom. The molecule has 1 fully saturated rings. The molecule has 0 unspecified atom stereocenters. The quantitative estimate of drug-likeness (QED) is 0.611. The Hall–Kier alpha value is -3.39. The fourth-order valence-electron chi connectivity index (χ4n) is 5.18. The van der Waals surface area contributed by atoms with E-state index in [-0.39, 0.29) is 19.0 Å². The van der Waals surface area contributed by atoms with Gasteiger partial charge in [-0.3, -0.25) is 24.3 Å². The van der Waals surface area contributed by atoms with Crippen molar-refractivity contribution in [2.24, 2.45) is 5.41 Å². The lowest BCUT2D eigenvalue weighted by Crippen LogP contribution is -2.67. The van der Waals surface area contributed by atoms with E-state index in [0.717, 1.165) is 32.9 Å². The Bertz CT molecular complexity index is 1090. The van der Waals surface area contributed by atoms with Gasteiger partial charge >= 0.3 is 6.03 Å². The first-order valence-electron chi connectivity index (χ1n) is 11.4. The van der Waals surface area contributed by atoms with E-state index < -0.39 is 23.3 Å². The molecule has 1 saturated heterocycles. The molecular formula is C26H31N3O5. The van der Waals surface area contributed by atoms with Gasteiger partial charge in [-0.25, -0.2) is 4.79 Å². The number of methoxy groups -OCH3 is 2. The number of benzene rings is 2. The lowest BCUT2D eigenvalue weighted by Gasteiger charge is -2.46. The summed E-state index contributed by atoms with van der Waals surface area (Å²) in [6.45, 7) is 2.94. The number of rotatable bonds is 6. The van der Waals surface area contributed by atoms with Crippen LogP contribution in [-0.2, 0) is 22.4 Å². The minimum Gasteiger partial charge on any atom is -0.493 e. The first kappa shape index (κ1) is 23.8. The molecule has 2 aliphatic rings. The second-order valence-electron chi connectivity index (χ2n) is 9.06. The maximum absolute atomic E-state index is 13.6. The van der Waals surface area contributed by atoms with E-state index in [4.69, 9.17) is 9.47 Å². The molecule has 180 valence electrons. The average Bonchev–Trinajstić information content (AvgIpc) is 2.86. The molecule has 8 nitrogen and oxygen atoms in total. The second kappa shape index (κ2) is 9.10. The van der Waals surface area contributed by atoms with Crippen LogP contribution in [0.25, 0.3) is 0 Å². The Balaban J connectivity index is 1.74. The van der Waals surface area contributed by atoms with Gasteiger partial charge in [0.05, 0.1) is 14.2 Å². The van der Waals surface area contributed by atoms with E-state index in [2.05, 4.69) is 11.8 Å². The predicted octanol–water partition coefficient (Wildman–Crippen LogP) is 2.90. The Kier molecular flexibility index (Phi) is 6.36. The fourth-order valence-corrected chi connectivity index (χ4v) is 5.18. The Morgan fingerprint density at radius 3 is 2.12 bits per heavy atom. The smallest absolute Gasteiger partial charge is 0.332 e. The molecule has 2 heterocycles. The Labute approximate surface area is 200 Å². The number of fused-ring (bicyclic) bond motifs is 1. The third-order valence-electron chi connectivity index (χ3n) is 7.14. The van der Waals surface area contributed by atoms with Gasteiger partial charge in [0.15, 0.2) is 11.5 Å². The molecule has 2 aromatic rings. The third kappa shape index (κ3) is 3.81. The molecule has 0 aromatic heterocycles. The molecule has 4 amide bonds. The van der Waals surface area contributed by atoms with E-state index in [1.165, 1.54) is 14.1 Å². The zero-order valence-corrected chi connectivity index (χ0v) is 20.3. The van der Waals surface area contributed by atoms with Crippen molar-refractivity contribution in [3.05, 3.63) is 59.2 Å². The molecule has 1 atom stereocenters. The molecule has 0 bridgehead atoms. The van der Waals surface area contributed by atoms with Crippen LogP contribution in [0.15, 0.2) is 42.5 Å². The standard InChI is InChI=1S/C26H31N3O5/c1-17-20-14-22(34-5)21(33-4)13-19(20)11-12-29(17)16-26(15-18-9-7-6-8-10-18)23(30)27(2)25(32)28(3)24(26)31/h6-10,13-14,17H,11-12,15-16H2,1-5H3/t17-/m0/s1. The number of amides is 4. The summed E-state index contributed by atoms with van der Waals surface area (Å²) in [4.78, 5) is 44.1. The van der Waals surface area contributed by atoms with Crippen LogP contribution < -0.4 is 9.47 Å². The van der Waals surface area contributed by atoms with Crippen LogP contribution in [0.2, 0.25) is 0 Å². The molecule has 0 spiro atoms. The summed E-state index contributed by atoms with van der Waals surface area (Å²) >= 11 is 0. The van der Waals surface area contributed by atoms with Crippen molar-refractivity contribution in [1.29, 1.82) is 0 Å². The lowest BCUT2D eigenvalue weighted by molar-refractivity contribution is -0.159. The van der Waals surface area contributed by atoms with Gasteiger partial charge in [-0.05, 0) is 48.6 Å². The number of imide groups is 2. The minimum absolute atomic E-state index is 0.0648. The molecule has 0 aliphatic carbocycles. The summed E-state index contributed by atoms with van der Waals surface area (Å²) in [5.41, 5.74) is 1.70. The molecule has 34 heavy (non-hydrogen) atoms. The maximum atomic E-state index is 13.6. The van der Waals surface area contributed by atoms with E-state index in [1.807, 2.05) is 42.5 Å². The molecule has 8 heteroatoms. The van der Waals surface area contributed by atoms with Gasteiger partial charge in [0.2, 0.25) is 11.8 Å². The number of carbonyl (C=O) groups is 3. The maximum Gasteiger partial charge on any atom is 0.332 e. The number of urea groups is 1. The van der Waals surface area contributed by atoms with Crippen LogP contribution in [-0.4, -0.2) is 73.9 Å². The number of nitrogens with zero attached hydrogens (tertiary/aromatic N) is 3. The number of hydrogen-bond donors (Lipinski definition) is 0. The van der Waals surface area contributed by atoms with Crippen molar-refractivity contribution in [2.45, 2.75) is 25.8 Å². The summed E-state index contributed by atoms with van der Waals surface area (Å²) in [5, 5.41) is 0. The number of barbiturate groups is 1. The molecule has 0 radical (unpaired) electrons. The van der Waals surface area contributed by atoms with Gasteiger partial charge < -0.3 is 9.47 Å². The van der Waals surface area contributed by atoms with Crippen LogP contribution in [0.3, 0.4) is 0 Å². The first-order valence-corrected chi connectivity index (χ1v) is 11.4. The molecule has 2 aliphatic heterocycles. The zero-order valence-electron chi connectivity index (χ0n) is 20.3. The van der Waals surface area contributed by atoms with Crippen molar-refractivity contribution in [1.82, 2.24) is 14.7 Å². The topological polar surface area (TPSA) is 79.4 Å². The normalized spacial score (nSPS) is 20.4. The summed E-state index contributed by atoms with van der Waals surface area (Å²) in [7, 11) is 6.11. The van der Waals surface area contributed by atoms with Gasteiger partial charge in [0.1, 0.15) is 5.41 Å². The van der Waals surface area contributed by atoms with E-state index in [0.29, 0.717) is 18.0 Å². The number of hydrogen-bond acceptors (Lipinski definition) is 6. The van der Waals surface area contributed by atoms with Gasteiger partial charge in [-0.15, -0.1) is 0 Å². The highest BCUT2D eigenvalue weighted by Gasteiger charge is 2.56. The van der Waals surface area contributed by atoms with Gasteiger partial charge in [0.25, 0.3) is 0 Å². The highest BCUT2D eigenvalue weighted by molar-refractivity contribution is 6.19. The molecular weight excluding hydrogens is 434 g/mol. The lowest BCUT2D eigenvalue weighted by atomic mass is 9.76. The minimum atomic E-state index is -1.40.